The summed E-state index contributed by atoms with van der Waals surface area (Å²) < 4.78 is 11.6. The number of anilines is 1. The van der Waals surface area contributed by atoms with Gasteiger partial charge in [-0.15, -0.1) is 6.58 Å². The van der Waals surface area contributed by atoms with E-state index in [0.29, 0.717) is 40.3 Å². The van der Waals surface area contributed by atoms with E-state index in [4.69, 9.17) is 9.47 Å². The summed E-state index contributed by atoms with van der Waals surface area (Å²) in [5.41, 5.74) is 2.81. The normalized spacial score (nSPS) is 14.2. The molecule has 1 aliphatic rings. The smallest absolute Gasteiger partial charge is 0.335 e. The number of nitro benzene ring substituents is 1. The van der Waals surface area contributed by atoms with Crippen LogP contribution in [0.25, 0.3) is 6.08 Å². The molecule has 10 heteroatoms. The van der Waals surface area contributed by atoms with E-state index >= 15 is 0 Å². The zero-order chi connectivity index (χ0) is 28.8. The molecule has 4 rings (SSSR count). The van der Waals surface area contributed by atoms with Gasteiger partial charge in [0.2, 0.25) is 0 Å². The molecule has 1 fully saturated rings. The first-order valence-electron chi connectivity index (χ1n) is 12.4. The number of allylic oxidation sites excluding steroid dienone is 1. The molecule has 3 aromatic carbocycles. The molecule has 0 saturated carbocycles. The van der Waals surface area contributed by atoms with Gasteiger partial charge in [0.1, 0.15) is 12.2 Å². The summed E-state index contributed by atoms with van der Waals surface area (Å²) in [6, 6.07) is 15.5. The first-order valence-corrected chi connectivity index (χ1v) is 12.4. The Balaban J connectivity index is 1.67. The largest absolute Gasteiger partial charge is 0.493 e. The Hall–Kier alpha value is -5.25. The minimum Gasteiger partial charge on any atom is -0.493 e. The second kappa shape index (κ2) is 12.1. The van der Waals surface area contributed by atoms with Gasteiger partial charge in [-0.1, -0.05) is 37.3 Å². The Bertz CT molecular complexity index is 1530. The van der Waals surface area contributed by atoms with Crippen LogP contribution in [-0.4, -0.2) is 29.9 Å². The van der Waals surface area contributed by atoms with Crippen molar-refractivity contribution in [1.29, 1.82) is 0 Å². The molecule has 1 heterocycles. The fraction of sp³-hybridized carbons (Fsp3) is 0.167. The van der Waals surface area contributed by atoms with Crippen LogP contribution in [0.1, 0.15) is 29.2 Å². The predicted octanol–water partition coefficient (Wildman–Crippen LogP) is 5.14. The van der Waals surface area contributed by atoms with Crippen molar-refractivity contribution in [2.75, 3.05) is 12.0 Å². The van der Waals surface area contributed by atoms with Gasteiger partial charge >= 0.3 is 6.03 Å². The quantitative estimate of drug-likeness (QED) is 0.124. The van der Waals surface area contributed by atoms with Crippen molar-refractivity contribution in [3.05, 3.63) is 111 Å². The molecule has 0 atom stereocenters. The predicted molar refractivity (Wildman–Crippen MR) is 149 cm³/mol. The highest BCUT2D eigenvalue weighted by Gasteiger charge is 2.36. The van der Waals surface area contributed by atoms with Gasteiger partial charge in [-0.05, 0) is 59.9 Å². The highest BCUT2D eigenvalue weighted by atomic mass is 16.6. The standard InChI is InChI=1S/C30H27N3O7/c1-4-7-22-14-21(17-26(39-3)27(22)40-18-20-8-6-9-24(15-20)33(37)38)16-25-28(34)31-30(36)32(29(25)35)23-12-10-19(5-2)11-13-23/h4,6,8-17H,1,5,7,18H2,2-3H3,(H,31,34,36)/b25-16-. The molecular formula is C30H27N3O7. The van der Waals surface area contributed by atoms with Gasteiger partial charge in [0.15, 0.2) is 11.5 Å². The maximum Gasteiger partial charge on any atom is 0.335 e. The maximum absolute atomic E-state index is 13.3. The lowest BCUT2D eigenvalue weighted by Crippen LogP contribution is -2.54. The van der Waals surface area contributed by atoms with E-state index in [1.54, 1.807) is 42.5 Å². The number of urea groups is 1. The van der Waals surface area contributed by atoms with Crippen molar-refractivity contribution < 1.29 is 28.8 Å². The van der Waals surface area contributed by atoms with Crippen LogP contribution >= 0.6 is 0 Å². The molecule has 0 unspecified atom stereocenters. The number of hydrogen-bond acceptors (Lipinski definition) is 7. The van der Waals surface area contributed by atoms with Gasteiger partial charge in [-0.25, -0.2) is 9.69 Å². The van der Waals surface area contributed by atoms with Gasteiger partial charge in [-0.3, -0.25) is 25.0 Å². The van der Waals surface area contributed by atoms with Crippen molar-refractivity contribution in [2.24, 2.45) is 0 Å². The van der Waals surface area contributed by atoms with E-state index in [1.165, 1.54) is 25.3 Å². The number of carbonyl (C=O) groups excluding carboxylic acids is 3. The Kier molecular flexibility index (Phi) is 8.39. The van der Waals surface area contributed by atoms with E-state index < -0.39 is 22.8 Å². The van der Waals surface area contributed by atoms with E-state index in [1.807, 2.05) is 19.1 Å². The van der Waals surface area contributed by atoms with Crippen molar-refractivity contribution in [1.82, 2.24) is 5.32 Å². The molecule has 1 N–H and O–H groups in total. The molecule has 3 aromatic rings. The number of benzene rings is 3. The van der Waals surface area contributed by atoms with Crippen LogP contribution in [0.15, 0.2) is 78.9 Å². The van der Waals surface area contributed by atoms with E-state index in [2.05, 4.69) is 11.9 Å². The number of rotatable bonds is 10. The lowest BCUT2D eigenvalue weighted by Gasteiger charge is -2.26. The van der Waals surface area contributed by atoms with Crippen molar-refractivity contribution in [3.8, 4) is 11.5 Å². The summed E-state index contributed by atoms with van der Waals surface area (Å²) in [6.45, 7) is 5.82. The second-order valence-electron chi connectivity index (χ2n) is 8.90. The highest BCUT2D eigenvalue weighted by Crippen LogP contribution is 2.35. The number of carbonyl (C=O) groups is 3. The molecule has 0 radical (unpaired) electrons. The number of amides is 4. The zero-order valence-electron chi connectivity index (χ0n) is 22.0. The molecule has 0 spiro atoms. The maximum atomic E-state index is 13.3. The summed E-state index contributed by atoms with van der Waals surface area (Å²) >= 11 is 0. The fourth-order valence-electron chi connectivity index (χ4n) is 4.24. The van der Waals surface area contributed by atoms with Gasteiger partial charge in [-0.2, -0.15) is 0 Å². The molecule has 4 amide bonds. The number of nitro groups is 1. The van der Waals surface area contributed by atoms with Crippen LogP contribution in [0, 0.1) is 10.1 Å². The second-order valence-corrected chi connectivity index (χ2v) is 8.90. The van der Waals surface area contributed by atoms with Gasteiger partial charge in [0, 0.05) is 17.7 Å². The van der Waals surface area contributed by atoms with Crippen LogP contribution in [0.4, 0.5) is 16.2 Å². The van der Waals surface area contributed by atoms with E-state index in [9.17, 15) is 24.5 Å². The molecule has 0 bridgehead atoms. The van der Waals surface area contributed by atoms with E-state index in [0.717, 1.165) is 16.9 Å². The molecule has 40 heavy (non-hydrogen) atoms. The van der Waals surface area contributed by atoms with Crippen molar-refractivity contribution in [2.45, 2.75) is 26.4 Å². The number of non-ortho nitro benzene ring substituents is 1. The topological polar surface area (TPSA) is 128 Å². The third kappa shape index (κ3) is 5.91. The molecule has 1 saturated heterocycles. The Morgan fingerprint density at radius 3 is 2.45 bits per heavy atom. The highest BCUT2D eigenvalue weighted by molar-refractivity contribution is 6.39. The average Bonchev–Trinajstić information content (AvgIpc) is 2.95. The summed E-state index contributed by atoms with van der Waals surface area (Å²) in [5.74, 6) is -0.855. The molecule has 10 nitrogen and oxygen atoms in total. The third-order valence-electron chi connectivity index (χ3n) is 6.26. The summed E-state index contributed by atoms with van der Waals surface area (Å²) in [6.07, 6.45) is 4.21. The molecular weight excluding hydrogens is 514 g/mol. The molecule has 204 valence electrons. The van der Waals surface area contributed by atoms with Crippen LogP contribution < -0.4 is 19.7 Å². The monoisotopic (exact) mass is 541 g/mol. The minimum atomic E-state index is -0.828. The number of aryl methyl sites for hydroxylation is 1. The van der Waals surface area contributed by atoms with Gasteiger partial charge < -0.3 is 9.47 Å². The summed E-state index contributed by atoms with van der Waals surface area (Å²) in [5, 5.41) is 13.3. The first-order chi connectivity index (χ1) is 19.2. The lowest BCUT2D eigenvalue weighted by molar-refractivity contribution is -0.384. The summed E-state index contributed by atoms with van der Waals surface area (Å²) in [4.78, 5) is 50.1. The first kappa shape index (κ1) is 27.8. The summed E-state index contributed by atoms with van der Waals surface area (Å²) in [7, 11) is 1.45. The molecule has 1 aliphatic heterocycles. The fourth-order valence-corrected chi connectivity index (χ4v) is 4.24. The number of barbiturate groups is 1. The van der Waals surface area contributed by atoms with E-state index in [-0.39, 0.29) is 17.9 Å². The number of ether oxygens (including phenoxy) is 2. The Morgan fingerprint density at radius 2 is 1.80 bits per heavy atom. The van der Waals surface area contributed by atoms with Crippen LogP contribution in [0.3, 0.4) is 0 Å². The molecule has 0 aliphatic carbocycles. The van der Waals surface area contributed by atoms with Crippen LogP contribution in [0.2, 0.25) is 0 Å². The van der Waals surface area contributed by atoms with Crippen LogP contribution in [0.5, 0.6) is 11.5 Å². The number of imide groups is 2. The van der Waals surface area contributed by atoms with Crippen molar-refractivity contribution in [3.63, 3.8) is 0 Å². The third-order valence-corrected chi connectivity index (χ3v) is 6.26. The lowest BCUT2D eigenvalue weighted by atomic mass is 10.0. The van der Waals surface area contributed by atoms with Gasteiger partial charge in [0.05, 0.1) is 17.7 Å². The Labute approximate surface area is 230 Å². The molecule has 0 aromatic heterocycles. The number of nitrogens with one attached hydrogen (secondary N) is 1. The number of hydrogen-bond donors (Lipinski definition) is 1. The van der Waals surface area contributed by atoms with Crippen molar-refractivity contribution >= 4 is 35.3 Å². The number of methoxy groups -OCH3 is 1. The van der Waals surface area contributed by atoms with Gasteiger partial charge in [0.25, 0.3) is 17.5 Å². The Morgan fingerprint density at radius 1 is 1.05 bits per heavy atom. The van der Waals surface area contributed by atoms with Crippen LogP contribution in [-0.2, 0) is 29.0 Å². The average molecular weight is 542 g/mol. The SMILES string of the molecule is C=CCc1cc(/C=C2/C(=O)NC(=O)N(c3ccc(CC)cc3)C2=O)cc(OC)c1OCc1cccc([N+](=O)[O-])c1. The minimum absolute atomic E-state index is 0.0391. The number of nitrogens with zero attached hydrogens (tertiary/aromatic N) is 2. The zero-order valence-corrected chi connectivity index (χ0v) is 22.0.